The van der Waals surface area contributed by atoms with Gasteiger partial charge in [0.15, 0.2) is 0 Å². The number of carbonyl (C=O) groups is 1. The van der Waals surface area contributed by atoms with Gasteiger partial charge >= 0.3 is 5.97 Å². The zero-order chi connectivity index (χ0) is 35.6. The van der Waals surface area contributed by atoms with Gasteiger partial charge in [-0.15, -0.1) is 0 Å². The van der Waals surface area contributed by atoms with E-state index in [1.165, 1.54) is 96.3 Å². The van der Waals surface area contributed by atoms with Gasteiger partial charge in [0.05, 0.1) is 13.2 Å². The highest BCUT2D eigenvalue weighted by Crippen LogP contribution is 2.12. The molecule has 0 spiro atoms. The number of hydrogen-bond donors (Lipinski definition) is 1. The molecule has 0 aliphatic heterocycles. The number of hydrogen-bond acceptors (Lipinski definition) is 4. The Kier molecular flexibility index (Phi) is 40.1. The smallest absolute Gasteiger partial charge is 0.306 e. The zero-order valence-electron chi connectivity index (χ0n) is 32.2. The van der Waals surface area contributed by atoms with Crippen molar-refractivity contribution < 1.29 is 19.4 Å². The number of aliphatic hydroxyl groups is 1. The van der Waals surface area contributed by atoms with E-state index in [9.17, 15) is 9.90 Å². The third-order valence-electron chi connectivity index (χ3n) is 8.52. The standard InChI is InChI=1S/C45H78O4/c1-3-5-7-9-11-13-15-17-19-20-21-22-23-24-25-26-27-28-30-32-34-36-38-40-45(47)49-44(42-46)43-48-41-39-37-35-33-31-29-18-16-14-12-10-8-6-4-2/h6,8,12,14-15,17-18,20-21,23-24,29,44,46H,3-5,7,9-11,13,16,19,22,25-28,30-43H2,1-2H3/b8-6-,14-12-,17-15-,21-20-,24-23-,29-18-. The number of aliphatic hydroxyl groups excluding tert-OH is 1. The molecule has 0 rings (SSSR count). The van der Waals surface area contributed by atoms with Crippen molar-refractivity contribution >= 4 is 5.97 Å². The molecule has 1 unspecified atom stereocenters. The van der Waals surface area contributed by atoms with Crippen molar-refractivity contribution in [3.05, 3.63) is 72.9 Å². The van der Waals surface area contributed by atoms with E-state index in [-0.39, 0.29) is 19.2 Å². The van der Waals surface area contributed by atoms with E-state index in [0.29, 0.717) is 13.0 Å². The third kappa shape index (κ3) is 40.1. The molecule has 0 aromatic heterocycles. The summed E-state index contributed by atoms with van der Waals surface area (Å²) in [6.07, 6.45) is 56.7. The van der Waals surface area contributed by atoms with Crippen molar-refractivity contribution in [3.63, 3.8) is 0 Å². The van der Waals surface area contributed by atoms with Crippen molar-refractivity contribution in [3.8, 4) is 0 Å². The van der Waals surface area contributed by atoms with Gasteiger partial charge in [-0.3, -0.25) is 4.79 Å². The number of carbonyl (C=O) groups excluding carboxylic acids is 1. The molecule has 0 aromatic carbocycles. The normalized spacial score (nSPS) is 13.1. The molecule has 1 atom stereocenters. The van der Waals surface area contributed by atoms with Crippen LogP contribution in [0, 0.1) is 0 Å². The number of unbranched alkanes of at least 4 members (excludes halogenated alkanes) is 17. The molecule has 0 saturated carbocycles. The molecule has 4 heteroatoms. The average Bonchev–Trinajstić information content (AvgIpc) is 3.11. The molecule has 0 bridgehead atoms. The maximum atomic E-state index is 12.2. The SMILES string of the molecule is CC/C=C\C/C=C\C/C=C\CCCCCCOCC(CO)OC(=O)CCCCCCCCCC/C=C\C/C=C\C/C=C\CCCCCCC. The molecule has 0 aliphatic rings. The molecule has 282 valence electrons. The summed E-state index contributed by atoms with van der Waals surface area (Å²) < 4.78 is 11.1. The number of allylic oxidation sites excluding steroid dienone is 12. The minimum atomic E-state index is -0.553. The fraction of sp³-hybridized carbons (Fsp3) is 0.711. The topological polar surface area (TPSA) is 55.8 Å². The lowest BCUT2D eigenvalue weighted by Gasteiger charge is -2.15. The molecule has 49 heavy (non-hydrogen) atoms. The molecule has 0 radical (unpaired) electrons. The molecule has 0 aliphatic carbocycles. The molecule has 4 nitrogen and oxygen atoms in total. The largest absolute Gasteiger partial charge is 0.457 e. The number of rotatable bonds is 37. The van der Waals surface area contributed by atoms with Crippen LogP contribution in [-0.2, 0) is 14.3 Å². The summed E-state index contributed by atoms with van der Waals surface area (Å²) >= 11 is 0. The van der Waals surface area contributed by atoms with Crippen molar-refractivity contribution in [1.82, 2.24) is 0 Å². The summed E-state index contributed by atoms with van der Waals surface area (Å²) in [7, 11) is 0. The first-order valence-electron chi connectivity index (χ1n) is 20.5. The Morgan fingerprint density at radius 2 is 0.918 bits per heavy atom. The second-order valence-electron chi connectivity index (χ2n) is 13.3. The lowest BCUT2D eigenvalue weighted by atomic mass is 10.1. The van der Waals surface area contributed by atoms with Crippen LogP contribution in [0.2, 0.25) is 0 Å². The molecular weight excluding hydrogens is 604 g/mol. The summed E-state index contributed by atoms with van der Waals surface area (Å²) in [5.74, 6) is -0.219. The van der Waals surface area contributed by atoms with Crippen molar-refractivity contribution in [2.75, 3.05) is 19.8 Å². The third-order valence-corrected chi connectivity index (χ3v) is 8.52. The first-order valence-corrected chi connectivity index (χ1v) is 20.5. The Morgan fingerprint density at radius 3 is 1.39 bits per heavy atom. The minimum absolute atomic E-state index is 0.188. The lowest BCUT2D eigenvalue weighted by molar-refractivity contribution is -0.154. The fourth-order valence-electron chi connectivity index (χ4n) is 5.47. The van der Waals surface area contributed by atoms with Crippen LogP contribution in [0.4, 0.5) is 0 Å². The summed E-state index contributed by atoms with van der Waals surface area (Å²) in [6, 6.07) is 0. The van der Waals surface area contributed by atoms with E-state index in [0.717, 1.165) is 64.2 Å². The van der Waals surface area contributed by atoms with Crippen LogP contribution in [0.5, 0.6) is 0 Å². The van der Waals surface area contributed by atoms with E-state index in [4.69, 9.17) is 9.47 Å². The van der Waals surface area contributed by atoms with Crippen LogP contribution >= 0.6 is 0 Å². The molecule has 1 N–H and O–H groups in total. The van der Waals surface area contributed by atoms with Crippen LogP contribution in [0.3, 0.4) is 0 Å². The molecule has 0 fully saturated rings. The van der Waals surface area contributed by atoms with Gasteiger partial charge in [0.2, 0.25) is 0 Å². The molecule has 0 aromatic rings. The van der Waals surface area contributed by atoms with E-state index in [2.05, 4.69) is 86.8 Å². The van der Waals surface area contributed by atoms with Crippen LogP contribution in [-0.4, -0.2) is 37.0 Å². The summed E-state index contributed by atoms with van der Waals surface area (Å²) in [4.78, 5) is 12.2. The van der Waals surface area contributed by atoms with Crippen LogP contribution in [0.15, 0.2) is 72.9 Å². The Balaban J connectivity index is 3.51. The monoisotopic (exact) mass is 683 g/mol. The first-order chi connectivity index (χ1) is 24.2. The highest BCUT2D eigenvalue weighted by Gasteiger charge is 2.13. The molecule has 0 amide bonds. The van der Waals surface area contributed by atoms with Crippen LogP contribution < -0.4 is 0 Å². The van der Waals surface area contributed by atoms with Gasteiger partial charge in [-0.2, -0.15) is 0 Å². The Bertz CT molecular complexity index is 850. The maximum absolute atomic E-state index is 12.2. The van der Waals surface area contributed by atoms with Gasteiger partial charge in [0, 0.05) is 13.0 Å². The lowest BCUT2D eigenvalue weighted by Crippen LogP contribution is -2.27. The van der Waals surface area contributed by atoms with Gasteiger partial charge in [0.1, 0.15) is 6.10 Å². The molecule has 0 heterocycles. The van der Waals surface area contributed by atoms with Crippen LogP contribution in [0.25, 0.3) is 0 Å². The Morgan fingerprint density at radius 1 is 0.510 bits per heavy atom. The quantitative estimate of drug-likeness (QED) is 0.0402. The van der Waals surface area contributed by atoms with Gasteiger partial charge in [-0.25, -0.2) is 0 Å². The van der Waals surface area contributed by atoms with Gasteiger partial charge in [0.25, 0.3) is 0 Å². The fourth-order valence-corrected chi connectivity index (χ4v) is 5.47. The summed E-state index contributed by atoms with van der Waals surface area (Å²) in [5.41, 5.74) is 0. The van der Waals surface area contributed by atoms with E-state index < -0.39 is 6.10 Å². The summed E-state index contributed by atoms with van der Waals surface area (Å²) in [5, 5.41) is 9.58. The average molecular weight is 683 g/mol. The predicted molar refractivity (Wildman–Crippen MR) is 214 cm³/mol. The maximum Gasteiger partial charge on any atom is 0.306 e. The van der Waals surface area contributed by atoms with Crippen LogP contribution in [0.1, 0.15) is 181 Å². The highest BCUT2D eigenvalue weighted by molar-refractivity contribution is 5.69. The van der Waals surface area contributed by atoms with Crippen molar-refractivity contribution in [2.24, 2.45) is 0 Å². The van der Waals surface area contributed by atoms with E-state index in [1.54, 1.807) is 0 Å². The molecule has 0 saturated heterocycles. The zero-order valence-corrected chi connectivity index (χ0v) is 32.2. The highest BCUT2D eigenvalue weighted by atomic mass is 16.6. The van der Waals surface area contributed by atoms with E-state index in [1.807, 2.05) is 0 Å². The predicted octanol–water partition coefficient (Wildman–Crippen LogP) is 13.4. The Hall–Kier alpha value is -2.17. The number of esters is 1. The van der Waals surface area contributed by atoms with Crippen molar-refractivity contribution in [2.45, 2.75) is 187 Å². The minimum Gasteiger partial charge on any atom is -0.457 e. The second kappa shape index (κ2) is 42.0. The van der Waals surface area contributed by atoms with Crippen molar-refractivity contribution in [1.29, 1.82) is 0 Å². The second-order valence-corrected chi connectivity index (χ2v) is 13.3. The van der Waals surface area contributed by atoms with E-state index >= 15 is 0 Å². The summed E-state index contributed by atoms with van der Waals surface area (Å²) in [6.45, 7) is 5.16. The van der Waals surface area contributed by atoms with Gasteiger partial charge in [-0.05, 0) is 83.5 Å². The Labute approximate surface area is 304 Å². The van der Waals surface area contributed by atoms with Gasteiger partial charge < -0.3 is 14.6 Å². The molecular formula is C45H78O4. The number of ether oxygens (including phenoxy) is 2. The van der Waals surface area contributed by atoms with Gasteiger partial charge in [-0.1, -0.05) is 164 Å². The first kappa shape index (κ1) is 46.8.